The van der Waals surface area contributed by atoms with Crippen molar-refractivity contribution in [2.75, 3.05) is 5.32 Å². The van der Waals surface area contributed by atoms with Crippen LogP contribution in [0.2, 0.25) is 0 Å². The van der Waals surface area contributed by atoms with Gasteiger partial charge in [-0.25, -0.2) is 23.2 Å². The normalized spacial score (nSPS) is 23.7. The van der Waals surface area contributed by atoms with Crippen molar-refractivity contribution >= 4 is 21.6 Å². The first-order chi connectivity index (χ1) is 13.8. The van der Waals surface area contributed by atoms with Crippen LogP contribution in [0.1, 0.15) is 35.6 Å². The van der Waals surface area contributed by atoms with Gasteiger partial charge in [0.25, 0.3) is 0 Å². The lowest BCUT2D eigenvalue weighted by Crippen LogP contribution is -2.19. The Morgan fingerprint density at radius 2 is 2.21 bits per heavy atom. The Bertz CT molecular complexity index is 1150. The standard InChI is InChI=1S/C19H22FN5O3S/c1-10-9-25-18(28-10)16(8-22-25)29(21,27)24-19(26)23-17-14-4-2-3-11(14)5-12-6-13(20)7-15(12)17/h5,8,10,13H,2-4,6-7,9H2,1H3,(H3,21,23,24,26,27)/t10-,13-,29+/m0/s1. The highest BCUT2D eigenvalue weighted by Gasteiger charge is 2.31. The summed E-state index contributed by atoms with van der Waals surface area (Å²) in [5.41, 5.74) is 4.52. The van der Waals surface area contributed by atoms with Crippen molar-refractivity contribution in [3.05, 3.63) is 34.5 Å². The second-order valence-electron chi connectivity index (χ2n) is 7.90. The molecule has 2 amide bonds. The maximum absolute atomic E-state index is 14.0. The molecule has 3 aliphatic rings. The lowest BCUT2D eigenvalue weighted by molar-refractivity contribution is 0.248. The highest BCUT2D eigenvalue weighted by atomic mass is 32.2. The van der Waals surface area contributed by atoms with Gasteiger partial charge in [-0.15, -0.1) is 4.36 Å². The Hall–Kier alpha value is -2.46. The van der Waals surface area contributed by atoms with E-state index in [1.54, 1.807) is 4.68 Å². The van der Waals surface area contributed by atoms with Crippen LogP contribution in [-0.4, -0.2) is 32.3 Å². The third-order valence-corrected chi connectivity index (χ3v) is 7.08. The minimum absolute atomic E-state index is 0.101. The average molecular weight is 419 g/mol. The van der Waals surface area contributed by atoms with Gasteiger partial charge < -0.3 is 10.1 Å². The number of carbonyl (C=O) groups excluding carboxylic acids is 1. The van der Waals surface area contributed by atoms with Crippen molar-refractivity contribution in [3.8, 4) is 5.88 Å². The molecule has 3 N–H and O–H groups in total. The predicted octanol–water partition coefficient (Wildman–Crippen LogP) is 2.52. The van der Waals surface area contributed by atoms with Crippen LogP contribution in [0.4, 0.5) is 14.9 Å². The molecule has 29 heavy (non-hydrogen) atoms. The molecule has 2 heterocycles. The summed E-state index contributed by atoms with van der Waals surface area (Å²) in [5.74, 6) is 0.281. The number of amides is 2. The van der Waals surface area contributed by atoms with E-state index >= 15 is 0 Å². The Labute approximate surface area is 167 Å². The minimum atomic E-state index is -3.54. The van der Waals surface area contributed by atoms with E-state index < -0.39 is 22.1 Å². The second-order valence-corrected chi connectivity index (χ2v) is 9.66. The fraction of sp³-hybridized carbons (Fsp3) is 0.474. The summed E-state index contributed by atoms with van der Waals surface area (Å²) in [7, 11) is -3.54. The number of rotatable bonds is 2. The average Bonchev–Trinajstić information content (AvgIpc) is 3.36. The Kier molecular flexibility index (Phi) is 4.18. The number of carbonyl (C=O) groups is 1. The molecule has 1 aliphatic heterocycles. The third-order valence-electron chi connectivity index (χ3n) is 5.74. The number of hydrogen-bond donors (Lipinski definition) is 2. The zero-order chi connectivity index (χ0) is 20.3. The molecule has 1 aromatic heterocycles. The molecule has 3 atom stereocenters. The highest BCUT2D eigenvalue weighted by molar-refractivity contribution is 7.91. The monoisotopic (exact) mass is 419 g/mol. The smallest absolute Gasteiger partial charge is 0.354 e. The largest absolute Gasteiger partial charge is 0.472 e. The summed E-state index contributed by atoms with van der Waals surface area (Å²) in [6.07, 6.45) is 3.58. The van der Waals surface area contributed by atoms with Crippen molar-refractivity contribution < 1.29 is 18.1 Å². The van der Waals surface area contributed by atoms with E-state index in [2.05, 4.69) is 20.8 Å². The topological polar surface area (TPSA) is 112 Å². The quantitative estimate of drug-likeness (QED) is 0.779. The minimum Gasteiger partial charge on any atom is -0.472 e. The molecule has 0 bridgehead atoms. The Morgan fingerprint density at radius 1 is 1.38 bits per heavy atom. The number of nitrogens with one attached hydrogen (secondary N) is 1. The fourth-order valence-corrected chi connectivity index (χ4v) is 5.52. The zero-order valence-corrected chi connectivity index (χ0v) is 16.8. The number of halogens is 1. The molecule has 0 saturated carbocycles. The van der Waals surface area contributed by atoms with Crippen LogP contribution >= 0.6 is 0 Å². The molecule has 0 fully saturated rings. The molecule has 154 valence electrons. The molecule has 1 aromatic carbocycles. The number of urea groups is 1. The summed E-state index contributed by atoms with van der Waals surface area (Å²) >= 11 is 0. The lowest BCUT2D eigenvalue weighted by Gasteiger charge is -2.15. The van der Waals surface area contributed by atoms with E-state index in [9.17, 15) is 13.4 Å². The first-order valence-electron chi connectivity index (χ1n) is 9.71. The molecule has 0 spiro atoms. The van der Waals surface area contributed by atoms with Crippen LogP contribution in [0.5, 0.6) is 5.88 Å². The predicted molar refractivity (Wildman–Crippen MR) is 105 cm³/mol. The first-order valence-corrected chi connectivity index (χ1v) is 11.3. The molecule has 2 aliphatic carbocycles. The van der Waals surface area contributed by atoms with Gasteiger partial charge in [-0.2, -0.15) is 5.10 Å². The summed E-state index contributed by atoms with van der Waals surface area (Å²) in [6.45, 7) is 2.37. The maximum atomic E-state index is 14.0. The van der Waals surface area contributed by atoms with Crippen LogP contribution in [-0.2, 0) is 42.1 Å². The molecule has 0 unspecified atom stereocenters. The molecular weight excluding hydrogens is 397 g/mol. The van der Waals surface area contributed by atoms with Gasteiger partial charge in [-0.3, -0.25) is 0 Å². The SMILES string of the molecule is C[C@H]1Cn2ncc([S@](N)(=O)=NC(=O)Nc3c4c(cc5c3C[C@@H](F)C5)CCC4)c2O1. The molecule has 2 aromatic rings. The maximum Gasteiger partial charge on any atom is 0.354 e. The van der Waals surface area contributed by atoms with Gasteiger partial charge in [0.05, 0.1) is 12.7 Å². The number of nitrogens with two attached hydrogens (primary N) is 1. The molecule has 10 heteroatoms. The number of hydrogen-bond acceptors (Lipinski definition) is 4. The number of aromatic nitrogens is 2. The zero-order valence-electron chi connectivity index (χ0n) is 16.0. The van der Waals surface area contributed by atoms with Crippen molar-refractivity contribution in [1.82, 2.24) is 9.78 Å². The highest BCUT2D eigenvalue weighted by Crippen LogP contribution is 2.39. The number of benzene rings is 1. The third kappa shape index (κ3) is 3.10. The number of alkyl halides is 1. The van der Waals surface area contributed by atoms with Crippen LogP contribution in [0.25, 0.3) is 0 Å². The summed E-state index contributed by atoms with van der Waals surface area (Å²) in [5, 5.41) is 12.8. The van der Waals surface area contributed by atoms with Crippen molar-refractivity contribution in [1.29, 1.82) is 0 Å². The first kappa shape index (κ1) is 18.6. The Morgan fingerprint density at radius 3 is 3.03 bits per heavy atom. The van der Waals surface area contributed by atoms with Crippen LogP contribution in [0.3, 0.4) is 0 Å². The van der Waals surface area contributed by atoms with E-state index in [1.165, 1.54) is 6.20 Å². The number of nitrogens with zero attached hydrogens (tertiary/aromatic N) is 3. The number of fused-ring (bicyclic) bond motifs is 3. The number of aryl methyl sites for hydroxylation is 1. The van der Waals surface area contributed by atoms with Gasteiger partial charge >= 0.3 is 6.03 Å². The van der Waals surface area contributed by atoms with Crippen LogP contribution in [0.15, 0.2) is 21.5 Å². The number of anilines is 1. The van der Waals surface area contributed by atoms with Gasteiger partial charge in [0.1, 0.15) is 17.2 Å². The van der Waals surface area contributed by atoms with Gasteiger partial charge in [-0.1, -0.05) is 6.07 Å². The molecule has 0 radical (unpaired) electrons. The van der Waals surface area contributed by atoms with E-state index in [4.69, 9.17) is 9.88 Å². The molecule has 5 rings (SSSR count). The van der Waals surface area contributed by atoms with E-state index in [0.29, 0.717) is 18.7 Å². The van der Waals surface area contributed by atoms with Gasteiger partial charge in [0, 0.05) is 18.5 Å². The molecule has 8 nitrogen and oxygen atoms in total. The lowest BCUT2D eigenvalue weighted by atomic mass is 9.99. The summed E-state index contributed by atoms with van der Waals surface area (Å²) in [6, 6.07) is 1.25. The summed E-state index contributed by atoms with van der Waals surface area (Å²) in [4.78, 5) is 12.8. The molecule has 0 saturated heterocycles. The van der Waals surface area contributed by atoms with Crippen LogP contribution < -0.4 is 15.2 Å². The number of ether oxygens (including phenoxy) is 1. The van der Waals surface area contributed by atoms with Gasteiger partial charge in [-0.05, 0) is 48.4 Å². The van der Waals surface area contributed by atoms with Gasteiger partial charge in [0.2, 0.25) is 5.88 Å². The fourth-order valence-electron chi connectivity index (χ4n) is 4.53. The van der Waals surface area contributed by atoms with Crippen LogP contribution in [0, 0.1) is 0 Å². The van der Waals surface area contributed by atoms with Crippen molar-refractivity contribution in [2.24, 2.45) is 9.50 Å². The summed E-state index contributed by atoms with van der Waals surface area (Å²) < 4.78 is 37.9. The van der Waals surface area contributed by atoms with E-state index in [-0.39, 0.29) is 23.3 Å². The van der Waals surface area contributed by atoms with Crippen molar-refractivity contribution in [2.45, 2.75) is 62.7 Å². The van der Waals surface area contributed by atoms with Gasteiger partial charge in [0.15, 0.2) is 9.92 Å². The van der Waals surface area contributed by atoms with Crippen molar-refractivity contribution in [3.63, 3.8) is 0 Å². The van der Waals surface area contributed by atoms with E-state index in [1.807, 2.05) is 6.92 Å². The molecular formula is C19H22FN5O3S. The Balaban J connectivity index is 1.49. The van der Waals surface area contributed by atoms with E-state index in [0.717, 1.165) is 41.5 Å². The second kappa shape index (κ2) is 6.53.